The van der Waals surface area contributed by atoms with E-state index in [1.807, 2.05) is 60.7 Å². The van der Waals surface area contributed by atoms with Crippen LogP contribution >= 0.6 is 11.3 Å². The highest BCUT2D eigenvalue weighted by molar-refractivity contribution is 7.07. The van der Waals surface area contributed by atoms with Crippen molar-refractivity contribution in [2.45, 2.75) is 13.0 Å². The first kappa shape index (κ1) is 26.9. The lowest BCUT2D eigenvalue weighted by Crippen LogP contribution is -2.39. The van der Waals surface area contributed by atoms with Crippen molar-refractivity contribution in [2.24, 2.45) is 4.99 Å². The molecule has 0 saturated heterocycles. The molecule has 6 rings (SSSR count). The standard InChI is InChI=1S/C32H23N3O6S/c1-2-40-31(37)27-28(20-10-5-3-6-11-20)33-32-34(29(27)21-12-7-4-8-13-21)30(36)26(42-32)19-24-16-17-25(41-24)22-14-9-15-23(18-22)35(38)39/h3-19,29H,2H2,1H3/b26-19-. The predicted octanol–water partition coefficient (Wildman–Crippen LogP) is 5.10. The second kappa shape index (κ2) is 11.3. The van der Waals surface area contributed by atoms with E-state index in [1.165, 1.54) is 28.0 Å². The van der Waals surface area contributed by atoms with Gasteiger partial charge in [-0.15, -0.1) is 0 Å². The van der Waals surface area contributed by atoms with Crippen molar-refractivity contribution in [1.82, 2.24) is 4.57 Å². The molecule has 1 aliphatic heterocycles. The van der Waals surface area contributed by atoms with E-state index in [1.54, 1.807) is 37.3 Å². The Bertz CT molecular complexity index is 2020. The number of ether oxygens (including phenoxy) is 1. The Hall–Kier alpha value is -5.35. The van der Waals surface area contributed by atoms with E-state index in [4.69, 9.17) is 14.1 Å². The van der Waals surface area contributed by atoms with Gasteiger partial charge >= 0.3 is 5.97 Å². The van der Waals surface area contributed by atoms with Crippen molar-refractivity contribution in [3.8, 4) is 11.3 Å². The second-order valence-corrected chi connectivity index (χ2v) is 10.4. The summed E-state index contributed by atoms with van der Waals surface area (Å²) in [6.45, 7) is 1.90. The molecule has 208 valence electrons. The monoisotopic (exact) mass is 577 g/mol. The second-order valence-electron chi connectivity index (χ2n) is 9.35. The summed E-state index contributed by atoms with van der Waals surface area (Å²) < 4.78 is 13.3. The summed E-state index contributed by atoms with van der Waals surface area (Å²) in [7, 11) is 0. The maximum atomic E-state index is 14.0. The molecule has 3 heterocycles. The van der Waals surface area contributed by atoms with Gasteiger partial charge < -0.3 is 9.15 Å². The lowest BCUT2D eigenvalue weighted by Gasteiger charge is -2.25. The van der Waals surface area contributed by atoms with E-state index < -0.39 is 16.9 Å². The molecular weight excluding hydrogens is 554 g/mol. The van der Waals surface area contributed by atoms with Crippen LogP contribution in [-0.2, 0) is 9.53 Å². The number of nitrogens with zero attached hydrogens (tertiary/aromatic N) is 3. The predicted molar refractivity (Wildman–Crippen MR) is 158 cm³/mol. The van der Waals surface area contributed by atoms with Crippen molar-refractivity contribution >= 4 is 34.8 Å². The molecule has 0 saturated carbocycles. The molecule has 0 radical (unpaired) electrons. The number of benzene rings is 3. The number of carbonyl (C=O) groups is 1. The van der Waals surface area contributed by atoms with E-state index >= 15 is 0 Å². The number of esters is 1. The van der Waals surface area contributed by atoms with Crippen molar-refractivity contribution in [2.75, 3.05) is 6.61 Å². The third-order valence-corrected chi connectivity index (χ3v) is 7.71. The number of thiazole rings is 1. The van der Waals surface area contributed by atoms with Crippen LogP contribution in [-0.4, -0.2) is 22.1 Å². The number of furan rings is 1. The van der Waals surface area contributed by atoms with Gasteiger partial charge in [0.1, 0.15) is 11.5 Å². The minimum absolute atomic E-state index is 0.0497. The van der Waals surface area contributed by atoms with Crippen LogP contribution in [0.1, 0.15) is 29.9 Å². The first-order chi connectivity index (χ1) is 20.4. The normalized spacial score (nSPS) is 14.8. The van der Waals surface area contributed by atoms with Gasteiger partial charge in [0.25, 0.3) is 11.2 Å². The Morgan fingerprint density at radius 2 is 1.74 bits per heavy atom. The SMILES string of the molecule is CCOC(=O)C1=C(c2ccccc2)N=c2s/c(=C\c3ccc(-c4cccc([N+](=O)[O-])c4)o3)c(=O)n2C1c1ccccc1. The molecule has 0 bridgehead atoms. The lowest BCUT2D eigenvalue weighted by atomic mass is 9.93. The fraction of sp³-hybridized carbons (Fsp3) is 0.0938. The smallest absolute Gasteiger partial charge is 0.338 e. The molecule has 2 aromatic heterocycles. The van der Waals surface area contributed by atoms with Crippen molar-refractivity contribution < 1.29 is 18.9 Å². The number of carbonyl (C=O) groups excluding carboxylic acids is 1. The summed E-state index contributed by atoms with van der Waals surface area (Å²) in [5, 5.41) is 11.2. The van der Waals surface area contributed by atoms with Crippen molar-refractivity contribution in [3.63, 3.8) is 0 Å². The van der Waals surface area contributed by atoms with Crippen LogP contribution in [0.3, 0.4) is 0 Å². The van der Waals surface area contributed by atoms with Crippen LogP contribution in [0.25, 0.3) is 23.1 Å². The highest BCUT2D eigenvalue weighted by atomic mass is 32.1. The molecule has 0 N–H and O–H groups in total. The number of hydrogen-bond acceptors (Lipinski definition) is 8. The quantitative estimate of drug-likeness (QED) is 0.151. The van der Waals surface area contributed by atoms with Gasteiger partial charge in [-0.05, 0) is 24.6 Å². The van der Waals surface area contributed by atoms with Crippen LogP contribution in [0.2, 0.25) is 0 Å². The summed E-state index contributed by atoms with van der Waals surface area (Å²) in [4.78, 5) is 43.4. The zero-order valence-electron chi connectivity index (χ0n) is 22.3. The Morgan fingerprint density at radius 3 is 2.45 bits per heavy atom. The minimum atomic E-state index is -0.768. The van der Waals surface area contributed by atoms with Gasteiger partial charge in [-0.25, -0.2) is 9.79 Å². The largest absolute Gasteiger partial charge is 0.463 e. The molecule has 0 aliphatic carbocycles. The fourth-order valence-corrected chi connectivity index (χ4v) is 5.86. The summed E-state index contributed by atoms with van der Waals surface area (Å²) in [6.07, 6.45) is 1.61. The zero-order chi connectivity index (χ0) is 29.2. The number of non-ortho nitro benzene ring substituents is 1. The van der Waals surface area contributed by atoms with E-state index in [0.29, 0.717) is 32.1 Å². The third kappa shape index (κ3) is 4.99. The Kier molecular flexibility index (Phi) is 7.20. The van der Waals surface area contributed by atoms with Crippen LogP contribution in [0.15, 0.2) is 117 Å². The molecule has 5 aromatic rings. The first-order valence-electron chi connectivity index (χ1n) is 13.1. The number of nitro groups is 1. The topological polar surface area (TPSA) is 117 Å². The lowest BCUT2D eigenvalue weighted by molar-refractivity contribution is -0.384. The van der Waals surface area contributed by atoms with Crippen molar-refractivity contribution in [3.05, 3.63) is 149 Å². The summed E-state index contributed by atoms with van der Waals surface area (Å²) in [5.74, 6) is 0.276. The van der Waals surface area contributed by atoms with Crippen molar-refractivity contribution in [1.29, 1.82) is 0 Å². The van der Waals surface area contributed by atoms with Crippen LogP contribution in [0.4, 0.5) is 5.69 Å². The molecule has 0 spiro atoms. The van der Waals surface area contributed by atoms with E-state index in [0.717, 1.165) is 11.1 Å². The minimum Gasteiger partial charge on any atom is -0.463 e. The van der Waals surface area contributed by atoms with Gasteiger partial charge in [0, 0.05) is 29.3 Å². The number of aromatic nitrogens is 1. The molecule has 10 heteroatoms. The van der Waals surface area contributed by atoms with Crippen LogP contribution in [0.5, 0.6) is 0 Å². The fourth-order valence-electron chi connectivity index (χ4n) is 4.88. The van der Waals surface area contributed by atoms with E-state index in [9.17, 15) is 19.7 Å². The third-order valence-electron chi connectivity index (χ3n) is 6.73. The molecule has 9 nitrogen and oxygen atoms in total. The molecule has 0 fully saturated rings. The first-order valence-corrected chi connectivity index (χ1v) is 13.9. The highest BCUT2D eigenvalue weighted by Crippen LogP contribution is 2.35. The Morgan fingerprint density at radius 1 is 1.02 bits per heavy atom. The average Bonchev–Trinajstić information content (AvgIpc) is 3.61. The maximum Gasteiger partial charge on any atom is 0.338 e. The number of hydrogen-bond donors (Lipinski definition) is 0. The number of nitro benzene ring substituents is 1. The summed E-state index contributed by atoms with van der Waals surface area (Å²) in [5.41, 5.74) is 2.34. The van der Waals surface area contributed by atoms with Gasteiger partial charge in [-0.3, -0.25) is 19.5 Å². The van der Waals surface area contributed by atoms with E-state index in [2.05, 4.69) is 0 Å². The highest BCUT2D eigenvalue weighted by Gasteiger charge is 2.35. The van der Waals surface area contributed by atoms with Gasteiger partial charge in [0.05, 0.1) is 33.4 Å². The zero-order valence-corrected chi connectivity index (χ0v) is 23.1. The molecule has 1 unspecified atom stereocenters. The Labute approximate surface area is 243 Å². The molecule has 1 atom stereocenters. The van der Waals surface area contributed by atoms with E-state index in [-0.39, 0.29) is 23.4 Å². The van der Waals surface area contributed by atoms with Gasteiger partial charge in [0.2, 0.25) is 0 Å². The molecule has 0 amide bonds. The molecule has 3 aromatic carbocycles. The summed E-state index contributed by atoms with van der Waals surface area (Å²) in [6, 6.07) is 27.4. The number of fused-ring (bicyclic) bond motifs is 1. The summed E-state index contributed by atoms with van der Waals surface area (Å²) >= 11 is 1.18. The van der Waals surface area contributed by atoms with Crippen LogP contribution in [0, 0.1) is 10.1 Å². The van der Waals surface area contributed by atoms with Crippen LogP contribution < -0.4 is 14.9 Å². The van der Waals surface area contributed by atoms with Gasteiger partial charge in [-0.2, -0.15) is 0 Å². The molecular formula is C32H23N3O6S. The molecule has 1 aliphatic rings. The average molecular weight is 578 g/mol. The molecule has 42 heavy (non-hydrogen) atoms. The maximum absolute atomic E-state index is 14.0. The van der Waals surface area contributed by atoms with Gasteiger partial charge in [-0.1, -0.05) is 84.1 Å². The Balaban J connectivity index is 1.53. The number of rotatable bonds is 7. The van der Waals surface area contributed by atoms with Gasteiger partial charge in [0.15, 0.2) is 4.80 Å².